The van der Waals surface area contributed by atoms with Crippen molar-refractivity contribution < 1.29 is 14.3 Å². The number of hydrogen-bond acceptors (Lipinski definition) is 3. The van der Waals surface area contributed by atoms with E-state index in [1.54, 1.807) is 6.07 Å². The molecule has 0 spiro atoms. The molecule has 5 heteroatoms. The first-order valence-electron chi connectivity index (χ1n) is 8.42. The third-order valence-corrected chi connectivity index (χ3v) is 4.57. The summed E-state index contributed by atoms with van der Waals surface area (Å²) in [5.74, 6) is -0.758. The first-order chi connectivity index (χ1) is 12.1. The number of amides is 1. The van der Waals surface area contributed by atoms with Crippen LogP contribution in [0.15, 0.2) is 42.5 Å². The van der Waals surface area contributed by atoms with Crippen molar-refractivity contribution in [1.29, 1.82) is 0 Å². The lowest BCUT2D eigenvalue weighted by molar-refractivity contribution is -0.124. The summed E-state index contributed by atoms with van der Waals surface area (Å²) < 4.78 is 5.10. The molecular formula is C20H20ClNO3. The van der Waals surface area contributed by atoms with E-state index >= 15 is 0 Å². The Bertz CT molecular complexity index is 771. The van der Waals surface area contributed by atoms with Crippen LogP contribution >= 0.6 is 11.6 Å². The van der Waals surface area contributed by atoms with Gasteiger partial charge in [-0.05, 0) is 66.6 Å². The van der Waals surface area contributed by atoms with Crippen molar-refractivity contribution in [2.45, 2.75) is 25.7 Å². The summed E-state index contributed by atoms with van der Waals surface area (Å²) in [6, 6.07) is 13.1. The van der Waals surface area contributed by atoms with Crippen LogP contribution in [0.4, 0.5) is 0 Å². The van der Waals surface area contributed by atoms with Crippen LogP contribution in [0.25, 0.3) is 0 Å². The fraction of sp³-hybridized carbons (Fsp3) is 0.300. The van der Waals surface area contributed by atoms with Crippen LogP contribution in [0.2, 0.25) is 5.02 Å². The molecular weight excluding hydrogens is 338 g/mol. The molecule has 0 radical (unpaired) electrons. The van der Waals surface area contributed by atoms with E-state index in [4.69, 9.17) is 16.3 Å². The second-order valence-corrected chi connectivity index (χ2v) is 6.58. The molecule has 0 fully saturated rings. The molecule has 2 aromatic carbocycles. The van der Waals surface area contributed by atoms with E-state index in [0.29, 0.717) is 23.6 Å². The predicted octanol–water partition coefficient (Wildman–Crippen LogP) is 3.34. The molecule has 0 aromatic heterocycles. The van der Waals surface area contributed by atoms with Crippen LogP contribution < -0.4 is 5.32 Å². The Balaban J connectivity index is 1.41. The highest BCUT2D eigenvalue weighted by molar-refractivity contribution is 6.30. The van der Waals surface area contributed by atoms with Gasteiger partial charge >= 0.3 is 5.97 Å². The molecule has 1 aliphatic carbocycles. The van der Waals surface area contributed by atoms with Gasteiger partial charge in [0.1, 0.15) is 0 Å². The molecule has 1 N–H and O–H groups in total. The van der Waals surface area contributed by atoms with Gasteiger partial charge in [-0.2, -0.15) is 0 Å². The van der Waals surface area contributed by atoms with Crippen molar-refractivity contribution in [2.75, 3.05) is 13.2 Å². The summed E-state index contributed by atoms with van der Waals surface area (Å²) in [5.41, 5.74) is 4.10. The fourth-order valence-electron chi connectivity index (χ4n) is 2.96. The summed E-state index contributed by atoms with van der Waals surface area (Å²) in [6.07, 6.45) is 3.90. The average Bonchev–Trinajstić information content (AvgIpc) is 3.09. The van der Waals surface area contributed by atoms with Gasteiger partial charge in [-0.25, -0.2) is 4.79 Å². The molecule has 0 unspecified atom stereocenters. The van der Waals surface area contributed by atoms with Gasteiger partial charge in [-0.3, -0.25) is 4.79 Å². The van der Waals surface area contributed by atoms with Crippen molar-refractivity contribution in [1.82, 2.24) is 5.32 Å². The summed E-state index contributed by atoms with van der Waals surface area (Å²) in [4.78, 5) is 23.9. The normalized spacial score (nSPS) is 12.5. The molecule has 1 aliphatic rings. The number of carbonyl (C=O) groups is 2. The summed E-state index contributed by atoms with van der Waals surface area (Å²) in [7, 11) is 0. The summed E-state index contributed by atoms with van der Waals surface area (Å²) in [6.45, 7) is 0.216. The van der Waals surface area contributed by atoms with Crippen molar-refractivity contribution >= 4 is 23.5 Å². The van der Waals surface area contributed by atoms with E-state index in [-0.39, 0.29) is 12.5 Å². The molecule has 1 amide bonds. The number of esters is 1. The highest BCUT2D eigenvalue weighted by atomic mass is 35.5. The number of rotatable bonds is 6. The minimum atomic E-state index is -0.456. The zero-order valence-electron chi connectivity index (χ0n) is 13.9. The van der Waals surface area contributed by atoms with Gasteiger partial charge in [0.15, 0.2) is 6.61 Å². The van der Waals surface area contributed by atoms with E-state index in [9.17, 15) is 9.59 Å². The molecule has 2 aromatic rings. The van der Waals surface area contributed by atoms with Gasteiger partial charge in [0, 0.05) is 11.6 Å². The van der Waals surface area contributed by atoms with Crippen LogP contribution in [0.3, 0.4) is 0 Å². The molecule has 0 atom stereocenters. The average molecular weight is 358 g/mol. The highest BCUT2D eigenvalue weighted by Gasteiger charge is 2.15. The highest BCUT2D eigenvalue weighted by Crippen LogP contribution is 2.23. The Morgan fingerprint density at radius 3 is 2.60 bits per heavy atom. The van der Waals surface area contributed by atoms with E-state index in [1.165, 1.54) is 11.1 Å². The summed E-state index contributed by atoms with van der Waals surface area (Å²) in [5, 5.41) is 3.43. The SMILES string of the molecule is O=C(COC(=O)c1ccc2c(c1)CCC2)NCCc1ccc(Cl)cc1. The van der Waals surface area contributed by atoms with Crippen molar-refractivity contribution in [3.63, 3.8) is 0 Å². The van der Waals surface area contributed by atoms with Gasteiger partial charge < -0.3 is 10.1 Å². The number of benzene rings is 2. The number of nitrogens with one attached hydrogen (secondary N) is 1. The zero-order valence-corrected chi connectivity index (χ0v) is 14.6. The zero-order chi connectivity index (χ0) is 17.6. The second kappa shape index (κ2) is 8.17. The van der Waals surface area contributed by atoms with E-state index in [1.807, 2.05) is 36.4 Å². The molecule has 130 valence electrons. The Labute approximate surface area is 152 Å². The second-order valence-electron chi connectivity index (χ2n) is 6.14. The maximum atomic E-state index is 12.1. The summed E-state index contributed by atoms with van der Waals surface area (Å²) >= 11 is 5.83. The van der Waals surface area contributed by atoms with Gasteiger partial charge in [-0.15, -0.1) is 0 Å². The minimum Gasteiger partial charge on any atom is -0.452 e. The maximum absolute atomic E-state index is 12.1. The standard InChI is InChI=1S/C20H20ClNO3/c21-18-8-4-14(5-9-18)10-11-22-19(23)13-25-20(24)17-7-6-15-2-1-3-16(15)12-17/h4-9,12H,1-3,10-11,13H2,(H,22,23). The van der Waals surface area contributed by atoms with Crippen molar-refractivity contribution in [3.8, 4) is 0 Å². The largest absolute Gasteiger partial charge is 0.452 e. The van der Waals surface area contributed by atoms with Crippen LogP contribution in [0, 0.1) is 0 Å². The van der Waals surface area contributed by atoms with Crippen LogP contribution in [0.5, 0.6) is 0 Å². The molecule has 0 saturated heterocycles. The van der Waals surface area contributed by atoms with E-state index < -0.39 is 5.97 Å². The minimum absolute atomic E-state index is 0.267. The van der Waals surface area contributed by atoms with Crippen LogP contribution in [0.1, 0.15) is 33.5 Å². The number of hydrogen-bond donors (Lipinski definition) is 1. The number of halogens is 1. The van der Waals surface area contributed by atoms with Crippen molar-refractivity contribution in [2.24, 2.45) is 0 Å². The quantitative estimate of drug-likeness (QED) is 0.807. The predicted molar refractivity (Wildman–Crippen MR) is 96.9 cm³/mol. The number of fused-ring (bicyclic) bond motifs is 1. The monoisotopic (exact) mass is 357 g/mol. The molecule has 4 nitrogen and oxygen atoms in total. The van der Waals surface area contributed by atoms with Crippen LogP contribution in [-0.4, -0.2) is 25.0 Å². The first kappa shape index (κ1) is 17.5. The number of carbonyl (C=O) groups excluding carboxylic acids is 2. The smallest absolute Gasteiger partial charge is 0.338 e. The van der Waals surface area contributed by atoms with Gasteiger partial charge in [0.25, 0.3) is 5.91 Å². The first-order valence-corrected chi connectivity index (χ1v) is 8.80. The van der Waals surface area contributed by atoms with Crippen LogP contribution in [-0.2, 0) is 28.8 Å². The number of aryl methyl sites for hydroxylation is 2. The Morgan fingerprint density at radius 2 is 1.80 bits per heavy atom. The fourth-order valence-corrected chi connectivity index (χ4v) is 3.09. The molecule has 3 rings (SSSR count). The van der Waals surface area contributed by atoms with E-state index in [0.717, 1.165) is 24.8 Å². The van der Waals surface area contributed by atoms with Gasteiger partial charge in [0.05, 0.1) is 5.56 Å². The molecule has 0 aliphatic heterocycles. The lowest BCUT2D eigenvalue weighted by Crippen LogP contribution is -2.30. The Hall–Kier alpha value is -2.33. The Morgan fingerprint density at radius 1 is 1.04 bits per heavy atom. The molecule has 0 heterocycles. The van der Waals surface area contributed by atoms with E-state index in [2.05, 4.69) is 5.32 Å². The lowest BCUT2D eigenvalue weighted by Gasteiger charge is -2.08. The molecule has 0 saturated carbocycles. The third kappa shape index (κ3) is 4.83. The lowest BCUT2D eigenvalue weighted by atomic mass is 10.1. The van der Waals surface area contributed by atoms with Gasteiger partial charge in [0.2, 0.25) is 0 Å². The molecule has 25 heavy (non-hydrogen) atoms. The topological polar surface area (TPSA) is 55.4 Å². The Kier molecular flexibility index (Phi) is 5.71. The molecule has 0 bridgehead atoms. The van der Waals surface area contributed by atoms with Gasteiger partial charge in [-0.1, -0.05) is 29.8 Å². The number of ether oxygens (including phenoxy) is 1. The maximum Gasteiger partial charge on any atom is 0.338 e. The van der Waals surface area contributed by atoms with Crippen molar-refractivity contribution in [3.05, 3.63) is 69.7 Å². The third-order valence-electron chi connectivity index (χ3n) is 4.32.